The molecule has 0 bridgehead atoms. The standard InChI is InChI=1S/C14H22O4/c1-3-16-12(15)13(2)6-10-8-14(9-11(10)7-13)17-4-5-18-14/h10-11H,3-9H2,1-2H3/t10-,11+,13-. The quantitative estimate of drug-likeness (QED) is 0.708. The number of esters is 1. The van der Waals surface area contributed by atoms with Crippen LogP contribution in [0.4, 0.5) is 0 Å². The predicted octanol–water partition coefficient (Wildman–Crippen LogP) is 2.12. The summed E-state index contributed by atoms with van der Waals surface area (Å²) in [6, 6.07) is 0. The molecule has 0 aromatic carbocycles. The van der Waals surface area contributed by atoms with Crippen LogP contribution in [0.2, 0.25) is 0 Å². The molecule has 0 radical (unpaired) electrons. The summed E-state index contributed by atoms with van der Waals surface area (Å²) < 4.78 is 16.8. The van der Waals surface area contributed by atoms with Crippen LogP contribution >= 0.6 is 0 Å². The van der Waals surface area contributed by atoms with Gasteiger partial charge in [-0.3, -0.25) is 4.79 Å². The van der Waals surface area contributed by atoms with Crippen molar-refractivity contribution >= 4 is 5.97 Å². The minimum Gasteiger partial charge on any atom is -0.466 e. The van der Waals surface area contributed by atoms with Crippen LogP contribution in [0.15, 0.2) is 0 Å². The fourth-order valence-electron chi connectivity index (χ4n) is 4.14. The SMILES string of the molecule is CCOC(=O)[C@@]1(C)C[C@H]2CC3(C[C@H]2C1)OCCO3. The fourth-order valence-corrected chi connectivity index (χ4v) is 4.14. The zero-order chi connectivity index (χ0) is 12.8. The maximum atomic E-state index is 12.0. The second-order valence-electron chi connectivity index (χ2n) is 6.23. The van der Waals surface area contributed by atoms with E-state index in [1.807, 2.05) is 13.8 Å². The molecule has 0 amide bonds. The Balaban J connectivity index is 1.67. The smallest absolute Gasteiger partial charge is 0.311 e. The largest absolute Gasteiger partial charge is 0.466 e. The van der Waals surface area contributed by atoms with Gasteiger partial charge in [0.15, 0.2) is 5.79 Å². The number of carbonyl (C=O) groups is 1. The molecule has 2 aliphatic carbocycles. The predicted molar refractivity (Wildman–Crippen MR) is 64.8 cm³/mol. The summed E-state index contributed by atoms with van der Waals surface area (Å²) in [4.78, 5) is 12.0. The van der Waals surface area contributed by atoms with Crippen LogP contribution in [0.25, 0.3) is 0 Å². The highest BCUT2D eigenvalue weighted by atomic mass is 16.7. The van der Waals surface area contributed by atoms with Gasteiger partial charge in [-0.15, -0.1) is 0 Å². The van der Waals surface area contributed by atoms with Gasteiger partial charge in [0.2, 0.25) is 0 Å². The number of rotatable bonds is 2. The Morgan fingerprint density at radius 2 is 1.72 bits per heavy atom. The van der Waals surface area contributed by atoms with E-state index in [1.165, 1.54) is 0 Å². The molecule has 4 heteroatoms. The highest BCUT2D eigenvalue weighted by molar-refractivity contribution is 5.76. The zero-order valence-corrected chi connectivity index (χ0v) is 11.2. The highest BCUT2D eigenvalue weighted by Gasteiger charge is 2.57. The van der Waals surface area contributed by atoms with Crippen molar-refractivity contribution in [2.24, 2.45) is 17.3 Å². The molecule has 0 aromatic heterocycles. The van der Waals surface area contributed by atoms with Crippen LogP contribution in [0.1, 0.15) is 39.5 Å². The number of hydrogen-bond acceptors (Lipinski definition) is 4. The molecule has 1 spiro atoms. The molecule has 1 heterocycles. The van der Waals surface area contributed by atoms with Gasteiger partial charge in [-0.25, -0.2) is 0 Å². The number of fused-ring (bicyclic) bond motifs is 1. The molecule has 0 aromatic rings. The molecule has 102 valence electrons. The van der Waals surface area contributed by atoms with Gasteiger partial charge in [-0.05, 0) is 38.5 Å². The summed E-state index contributed by atoms with van der Waals surface area (Å²) in [5.74, 6) is 0.766. The normalized spacial score (nSPS) is 41.2. The summed E-state index contributed by atoms with van der Waals surface area (Å²) in [5, 5.41) is 0. The Bertz CT molecular complexity index is 330. The van der Waals surface area contributed by atoms with Crippen LogP contribution < -0.4 is 0 Å². The van der Waals surface area contributed by atoms with Crippen LogP contribution in [0, 0.1) is 17.3 Å². The van der Waals surface area contributed by atoms with Crippen LogP contribution in [-0.4, -0.2) is 31.6 Å². The van der Waals surface area contributed by atoms with E-state index in [0.29, 0.717) is 31.7 Å². The highest BCUT2D eigenvalue weighted by Crippen LogP contribution is 2.57. The van der Waals surface area contributed by atoms with Gasteiger partial charge in [0.25, 0.3) is 0 Å². The fraction of sp³-hybridized carbons (Fsp3) is 0.929. The van der Waals surface area contributed by atoms with E-state index in [9.17, 15) is 4.79 Å². The summed E-state index contributed by atoms with van der Waals surface area (Å²) in [6.07, 6.45) is 3.75. The molecule has 3 atom stereocenters. The Labute approximate surface area is 108 Å². The monoisotopic (exact) mass is 254 g/mol. The van der Waals surface area contributed by atoms with Gasteiger partial charge in [0.1, 0.15) is 0 Å². The first-order valence-corrected chi connectivity index (χ1v) is 7.02. The van der Waals surface area contributed by atoms with E-state index in [2.05, 4.69) is 0 Å². The second kappa shape index (κ2) is 4.20. The topological polar surface area (TPSA) is 44.8 Å². The van der Waals surface area contributed by atoms with Crippen LogP contribution in [0.3, 0.4) is 0 Å². The van der Waals surface area contributed by atoms with Gasteiger partial charge in [0, 0.05) is 12.8 Å². The third kappa shape index (κ3) is 1.86. The van der Waals surface area contributed by atoms with Crippen molar-refractivity contribution in [1.29, 1.82) is 0 Å². The first-order chi connectivity index (χ1) is 8.57. The summed E-state index contributed by atoms with van der Waals surface area (Å²) >= 11 is 0. The van der Waals surface area contributed by atoms with Crippen LogP contribution in [-0.2, 0) is 19.0 Å². The molecule has 4 nitrogen and oxygen atoms in total. The van der Waals surface area contributed by atoms with E-state index >= 15 is 0 Å². The van der Waals surface area contributed by atoms with Gasteiger partial charge in [-0.2, -0.15) is 0 Å². The first kappa shape index (κ1) is 12.4. The van der Waals surface area contributed by atoms with Gasteiger partial charge in [-0.1, -0.05) is 0 Å². The summed E-state index contributed by atoms with van der Waals surface area (Å²) in [5.41, 5.74) is -0.286. The molecular weight excluding hydrogens is 232 g/mol. The maximum Gasteiger partial charge on any atom is 0.311 e. The molecule has 2 saturated carbocycles. The lowest BCUT2D eigenvalue weighted by molar-refractivity contribution is -0.163. The average Bonchev–Trinajstić information content (AvgIpc) is 2.95. The molecule has 3 rings (SSSR count). The average molecular weight is 254 g/mol. The van der Waals surface area contributed by atoms with Crippen molar-refractivity contribution < 1.29 is 19.0 Å². The first-order valence-electron chi connectivity index (χ1n) is 7.02. The molecule has 0 unspecified atom stereocenters. The lowest BCUT2D eigenvalue weighted by Gasteiger charge is -2.27. The molecular formula is C14H22O4. The summed E-state index contributed by atoms with van der Waals surface area (Å²) in [6.45, 7) is 5.82. The minimum atomic E-state index is -0.314. The van der Waals surface area contributed by atoms with Crippen molar-refractivity contribution in [2.75, 3.05) is 19.8 Å². The Hall–Kier alpha value is -0.610. The molecule has 18 heavy (non-hydrogen) atoms. The van der Waals surface area contributed by atoms with Crippen molar-refractivity contribution in [2.45, 2.75) is 45.3 Å². The zero-order valence-electron chi connectivity index (χ0n) is 11.2. The van der Waals surface area contributed by atoms with Gasteiger partial charge in [0.05, 0.1) is 25.2 Å². The van der Waals surface area contributed by atoms with Crippen molar-refractivity contribution in [3.63, 3.8) is 0 Å². The molecule has 3 fully saturated rings. The van der Waals surface area contributed by atoms with E-state index in [1.54, 1.807) is 0 Å². The van der Waals surface area contributed by atoms with E-state index in [-0.39, 0.29) is 17.2 Å². The molecule has 1 saturated heterocycles. The Kier molecular flexibility index (Phi) is 2.90. The summed E-state index contributed by atoms with van der Waals surface area (Å²) in [7, 11) is 0. The van der Waals surface area contributed by atoms with Crippen molar-refractivity contribution in [3.8, 4) is 0 Å². The second-order valence-corrected chi connectivity index (χ2v) is 6.23. The van der Waals surface area contributed by atoms with E-state index in [0.717, 1.165) is 25.7 Å². The van der Waals surface area contributed by atoms with Crippen molar-refractivity contribution in [1.82, 2.24) is 0 Å². The van der Waals surface area contributed by atoms with Gasteiger partial charge >= 0.3 is 5.97 Å². The van der Waals surface area contributed by atoms with Crippen LogP contribution in [0.5, 0.6) is 0 Å². The minimum absolute atomic E-state index is 0.0262. The molecule has 0 N–H and O–H groups in total. The lowest BCUT2D eigenvalue weighted by Crippen LogP contribution is -2.31. The maximum absolute atomic E-state index is 12.0. The third-order valence-corrected chi connectivity index (χ3v) is 4.82. The lowest BCUT2D eigenvalue weighted by atomic mass is 9.85. The van der Waals surface area contributed by atoms with Crippen molar-refractivity contribution in [3.05, 3.63) is 0 Å². The molecule has 1 aliphatic heterocycles. The Morgan fingerprint density at radius 1 is 1.17 bits per heavy atom. The number of hydrogen-bond donors (Lipinski definition) is 0. The van der Waals surface area contributed by atoms with E-state index < -0.39 is 0 Å². The third-order valence-electron chi connectivity index (χ3n) is 4.82. The van der Waals surface area contributed by atoms with Gasteiger partial charge < -0.3 is 14.2 Å². The number of carbonyl (C=O) groups excluding carboxylic acids is 1. The van der Waals surface area contributed by atoms with E-state index in [4.69, 9.17) is 14.2 Å². The number of ether oxygens (including phenoxy) is 3. The Morgan fingerprint density at radius 3 is 2.22 bits per heavy atom. The molecule has 3 aliphatic rings.